The average Bonchev–Trinajstić information content (AvgIpc) is 2.86. The number of thioether (sulfide) groups is 1. The zero-order valence-corrected chi connectivity index (χ0v) is 13.6. The molecule has 1 fully saturated rings. The minimum atomic E-state index is -0.510. The zero-order chi connectivity index (χ0) is 15.3. The number of hydrogen-bond acceptors (Lipinski definition) is 5. The second-order valence-electron chi connectivity index (χ2n) is 5.64. The van der Waals surface area contributed by atoms with Crippen LogP contribution >= 0.6 is 11.8 Å². The number of aromatic nitrogens is 2. The topological polar surface area (TPSA) is 80.9 Å². The Morgan fingerprint density at radius 3 is 2.86 bits per heavy atom. The van der Waals surface area contributed by atoms with E-state index in [4.69, 9.17) is 5.73 Å². The van der Waals surface area contributed by atoms with Gasteiger partial charge in [0.2, 0.25) is 5.91 Å². The van der Waals surface area contributed by atoms with Gasteiger partial charge < -0.3 is 11.1 Å². The molecule has 6 heteroatoms. The van der Waals surface area contributed by atoms with Gasteiger partial charge >= 0.3 is 0 Å². The third-order valence-electron chi connectivity index (χ3n) is 4.21. The SMILES string of the molecule is CCNC1(C(N)=O)CCCC1CCSc1ncc(C)cn1. The number of likely N-dealkylation sites (N-methyl/N-ethyl adjacent to an activating group) is 1. The minimum Gasteiger partial charge on any atom is -0.368 e. The van der Waals surface area contributed by atoms with Crippen LogP contribution in [-0.4, -0.2) is 33.7 Å². The maximum Gasteiger partial charge on any atom is 0.238 e. The van der Waals surface area contributed by atoms with Gasteiger partial charge in [0.15, 0.2) is 5.16 Å². The second-order valence-corrected chi connectivity index (χ2v) is 6.70. The van der Waals surface area contributed by atoms with Gasteiger partial charge in [0, 0.05) is 18.1 Å². The van der Waals surface area contributed by atoms with Crippen molar-refractivity contribution in [3.8, 4) is 0 Å². The molecule has 2 unspecified atom stereocenters. The van der Waals surface area contributed by atoms with Crippen molar-refractivity contribution in [2.45, 2.75) is 50.2 Å². The van der Waals surface area contributed by atoms with E-state index in [1.54, 1.807) is 11.8 Å². The van der Waals surface area contributed by atoms with Crippen molar-refractivity contribution in [2.75, 3.05) is 12.3 Å². The van der Waals surface area contributed by atoms with Crippen LogP contribution in [0.1, 0.15) is 38.2 Å². The first-order valence-electron chi connectivity index (χ1n) is 7.55. The highest BCUT2D eigenvalue weighted by Gasteiger charge is 2.46. The van der Waals surface area contributed by atoms with E-state index >= 15 is 0 Å². The predicted molar refractivity (Wildman–Crippen MR) is 85.1 cm³/mol. The van der Waals surface area contributed by atoms with Crippen molar-refractivity contribution in [3.63, 3.8) is 0 Å². The summed E-state index contributed by atoms with van der Waals surface area (Å²) >= 11 is 1.64. The summed E-state index contributed by atoms with van der Waals surface area (Å²) in [6.45, 7) is 4.77. The lowest BCUT2D eigenvalue weighted by molar-refractivity contribution is -0.125. The summed E-state index contributed by atoms with van der Waals surface area (Å²) in [5.41, 5.74) is 6.23. The molecule has 1 aromatic rings. The number of amides is 1. The second kappa shape index (κ2) is 7.22. The molecule has 0 bridgehead atoms. The lowest BCUT2D eigenvalue weighted by Gasteiger charge is -2.33. The van der Waals surface area contributed by atoms with E-state index in [1.165, 1.54) is 0 Å². The van der Waals surface area contributed by atoms with Crippen LogP contribution in [-0.2, 0) is 4.79 Å². The van der Waals surface area contributed by atoms with Gasteiger partial charge in [-0.1, -0.05) is 25.1 Å². The first-order valence-corrected chi connectivity index (χ1v) is 8.53. The fraction of sp³-hybridized carbons (Fsp3) is 0.667. The standard InChI is InChI=1S/C15H24N4OS/c1-3-19-15(13(16)20)7-4-5-12(15)6-8-21-14-17-9-11(2)10-18-14/h9-10,12,19H,3-8H2,1-2H3,(H2,16,20). The monoisotopic (exact) mass is 308 g/mol. The molecule has 1 saturated carbocycles. The first-order chi connectivity index (χ1) is 10.1. The smallest absolute Gasteiger partial charge is 0.238 e. The van der Waals surface area contributed by atoms with Gasteiger partial charge in [-0.2, -0.15) is 0 Å². The summed E-state index contributed by atoms with van der Waals surface area (Å²) in [5.74, 6) is 1.02. The van der Waals surface area contributed by atoms with E-state index in [9.17, 15) is 4.79 Å². The predicted octanol–water partition coefficient (Wildman–Crippen LogP) is 1.90. The Balaban J connectivity index is 1.92. The quantitative estimate of drug-likeness (QED) is 0.594. The van der Waals surface area contributed by atoms with Gasteiger partial charge in [0.25, 0.3) is 0 Å². The molecule has 0 radical (unpaired) electrons. The molecule has 1 aliphatic carbocycles. The lowest BCUT2D eigenvalue weighted by Crippen LogP contribution is -2.57. The average molecular weight is 308 g/mol. The van der Waals surface area contributed by atoms with E-state index in [0.29, 0.717) is 5.92 Å². The van der Waals surface area contributed by atoms with Crippen LogP contribution in [0.15, 0.2) is 17.6 Å². The fourth-order valence-corrected chi connectivity index (χ4v) is 4.02. The molecule has 0 saturated heterocycles. The molecular weight excluding hydrogens is 284 g/mol. The van der Waals surface area contributed by atoms with E-state index in [1.807, 2.05) is 26.2 Å². The molecule has 5 nitrogen and oxygen atoms in total. The Morgan fingerprint density at radius 1 is 1.52 bits per heavy atom. The Morgan fingerprint density at radius 2 is 2.24 bits per heavy atom. The summed E-state index contributed by atoms with van der Waals surface area (Å²) in [7, 11) is 0. The zero-order valence-electron chi connectivity index (χ0n) is 12.8. The largest absolute Gasteiger partial charge is 0.368 e. The summed E-state index contributed by atoms with van der Waals surface area (Å²) in [4.78, 5) is 20.5. The maximum absolute atomic E-state index is 11.9. The molecule has 2 rings (SSSR count). The third kappa shape index (κ3) is 3.74. The van der Waals surface area contributed by atoms with Crippen molar-refractivity contribution < 1.29 is 4.79 Å². The number of hydrogen-bond donors (Lipinski definition) is 2. The normalized spacial score (nSPS) is 25.1. The molecule has 0 aliphatic heterocycles. The van der Waals surface area contributed by atoms with Gasteiger partial charge in [0.05, 0.1) is 0 Å². The van der Waals surface area contributed by atoms with Gasteiger partial charge in [-0.15, -0.1) is 0 Å². The van der Waals surface area contributed by atoms with E-state index in [0.717, 1.165) is 48.7 Å². The van der Waals surface area contributed by atoms with Crippen LogP contribution in [0.25, 0.3) is 0 Å². The summed E-state index contributed by atoms with van der Waals surface area (Å²) in [6.07, 6.45) is 7.59. The van der Waals surface area contributed by atoms with Gasteiger partial charge in [-0.05, 0) is 44.2 Å². The lowest BCUT2D eigenvalue weighted by atomic mass is 9.84. The molecular formula is C15H24N4OS. The highest BCUT2D eigenvalue weighted by atomic mass is 32.2. The highest BCUT2D eigenvalue weighted by Crippen LogP contribution is 2.38. The summed E-state index contributed by atoms with van der Waals surface area (Å²) in [5, 5.41) is 4.15. The van der Waals surface area contributed by atoms with E-state index < -0.39 is 5.54 Å². The molecule has 116 valence electrons. The number of nitrogens with two attached hydrogens (primary N) is 1. The van der Waals surface area contributed by atoms with Crippen LogP contribution in [0.5, 0.6) is 0 Å². The van der Waals surface area contributed by atoms with Gasteiger partial charge in [-0.25, -0.2) is 9.97 Å². The molecule has 2 atom stereocenters. The van der Waals surface area contributed by atoms with Crippen LogP contribution in [0.2, 0.25) is 0 Å². The molecule has 0 spiro atoms. The fourth-order valence-electron chi connectivity index (χ4n) is 3.18. The number of carbonyl (C=O) groups excluding carboxylic acids is 1. The van der Waals surface area contributed by atoms with Crippen molar-refractivity contribution >= 4 is 17.7 Å². The van der Waals surface area contributed by atoms with Crippen molar-refractivity contribution in [1.29, 1.82) is 0 Å². The Labute approximate surface area is 130 Å². The summed E-state index contributed by atoms with van der Waals surface area (Å²) < 4.78 is 0. The van der Waals surface area contributed by atoms with Crippen molar-refractivity contribution in [3.05, 3.63) is 18.0 Å². The number of carbonyl (C=O) groups is 1. The number of nitrogens with one attached hydrogen (secondary N) is 1. The van der Waals surface area contributed by atoms with Gasteiger partial charge in [0.1, 0.15) is 5.54 Å². The maximum atomic E-state index is 11.9. The van der Waals surface area contributed by atoms with Crippen LogP contribution in [0, 0.1) is 12.8 Å². The molecule has 3 N–H and O–H groups in total. The molecule has 1 aliphatic rings. The molecule has 1 aromatic heterocycles. The van der Waals surface area contributed by atoms with Crippen LogP contribution < -0.4 is 11.1 Å². The van der Waals surface area contributed by atoms with Crippen molar-refractivity contribution in [1.82, 2.24) is 15.3 Å². The number of rotatable bonds is 7. The Kier molecular flexibility index (Phi) is 5.58. The molecule has 0 aromatic carbocycles. The van der Waals surface area contributed by atoms with Crippen LogP contribution in [0.3, 0.4) is 0 Å². The Hall–Kier alpha value is -1.14. The first kappa shape index (κ1) is 16.2. The van der Waals surface area contributed by atoms with E-state index in [-0.39, 0.29) is 5.91 Å². The molecule has 1 heterocycles. The number of primary amides is 1. The van der Waals surface area contributed by atoms with Crippen LogP contribution in [0.4, 0.5) is 0 Å². The molecule has 21 heavy (non-hydrogen) atoms. The van der Waals surface area contributed by atoms with Gasteiger partial charge in [-0.3, -0.25) is 4.79 Å². The van der Waals surface area contributed by atoms with E-state index in [2.05, 4.69) is 15.3 Å². The Bertz CT molecular complexity index is 479. The number of aryl methyl sites for hydroxylation is 1. The minimum absolute atomic E-state index is 0.205. The number of nitrogens with zero attached hydrogens (tertiary/aromatic N) is 2. The summed E-state index contributed by atoms with van der Waals surface area (Å²) in [6, 6.07) is 0. The van der Waals surface area contributed by atoms with Crippen molar-refractivity contribution in [2.24, 2.45) is 11.7 Å². The highest BCUT2D eigenvalue weighted by molar-refractivity contribution is 7.99. The third-order valence-corrected chi connectivity index (χ3v) is 5.12. The molecule has 1 amide bonds.